The highest BCUT2D eigenvalue weighted by molar-refractivity contribution is 5.58. The highest BCUT2D eigenvalue weighted by Crippen LogP contribution is 2.24. The third-order valence-electron chi connectivity index (χ3n) is 3.20. The number of hydrogen-bond acceptors (Lipinski definition) is 6. The molecule has 118 valence electrons. The van der Waals surface area contributed by atoms with Crippen LogP contribution in [0.3, 0.4) is 0 Å². The number of nitrogens with zero attached hydrogens (tertiary/aromatic N) is 4. The molecule has 0 unspecified atom stereocenters. The van der Waals surface area contributed by atoms with E-state index in [9.17, 15) is 8.78 Å². The van der Waals surface area contributed by atoms with Crippen LogP contribution in [0.15, 0.2) is 57.6 Å². The Labute approximate surface area is 133 Å². The molecule has 0 aliphatic carbocycles. The number of aromatic nitrogens is 4. The Morgan fingerprint density at radius 3 is 1.54 bits per heavy atom. The van der Waals surface area contributed by atoms with Crippen molar-refractivity contribution in [1.82, 2.24) is 20.3 Å². The van der Waals surface area contributed by atoms with Crippen LogP contribution in [0.1, 0.15) is 0 Å². The smallest absolute Gasteiger partial charge is 0.316 e. The molecule has 4 rings (SSSR count). The minimum atomic E-state index is -0.412. The lowest BCUT2D eigenvalue weighted by Crippen LogP contribution is -1.84. The van der Waals surface area contributed by atoms with Gasteiger partial charge >= 0.3 is 11.8 Å². The van der Waals surface area contributed by atoms with Gasteiger partial charge < -0.3 is 9.05 Å². The molecule has 0 saturated carbocycles. The molecule has 2 aromatic heterocycles. The monoisotopic (exact) mass is 326 g/mol. The van der Waals surface area contributed by atoms with Crippen molar-refractivity contribution in [3.8, 4) is 34.6 Å². The fourth-order valence-electron chi connectivity index (χ4n) is 2.11. The van der Waals surface area contributed by atoms with Crippen LogP contribution < -0.4 is 0 Å². The minimum Gasteiger partial charge on any atom is -0.328 e. The topological polar surface area (TPSA) is 77.8 Å². The van der Waals surface area contributed by atoms with Gasteiger partial charge in [0.05, 0.1) is 0 Å². The lowest BCUT2D eigenvalue weighted by atomic mass is 10.2. The summed E-state index contributed by atoms with van der Waals surface area (Å²) in [6.07, 6.45) is 0. The van der Waals surface area contributed by atoms with E-state index in [4.69, 9.17) is 9.05 Å². The van der Waals surface area contributed by atoms with E-state index < -0.39 is 11.6 Å². The predicted molar refractivity (Wildman–Crippen MR) is 78.4 cm³/mol. The van der Waals surface area contributed by atoms with Gasteiger partial charge in [-0.1, -0.05) is 34.6 Å². The summed E-state index contributed by atoms with van der Waals surface area (Å²) in [5, 5.41) is 7.52. The van der Waals surface area contributed by atoms with Crippen molar-refractivity contribution in [1.29, 1.82) is 0 Å². The minimum absolute atomic E-state index is 0.00980. The van der Waals surface area contributed by atoms with E-state index in [0.29, 0.717) is 11.1 Å². The Kier molecular flexibility index (Phi) is 3.34. The zero-order chi connectivity index (χ0) is 16.5. The summed E-state index contributed by atoms with van der Waals surface area (Å²) in [5.41, 5.74) is 0.907. The largest absolute Gasteiger partial charge is 0.328 e. The van der Waals surface area contributed by atoms with Gasteiger partial charge in [0.1, 0.15) is 11.6 Å². The van der Waals surface area contributed by atoms with Crippen LogP contribution in [-0.2, 0) is 0 Å². The van der Waals surface area contributed by atoms with Gasteiger partial charge in [-0.05, 0) is 24.3 Å². The van der Waals surface area contributed by atoms with E-state index in [2.05, 4.69) is 20.3 Å². The first-order valence-corrected chi connectivity index (χ1v) is 6.89. The summed E-state index contributed by atoms with van der Waals surface area (Å²) >= 11 is 0. The number of hydrogen-bond donors (Lipinski definition) is 0. The Morgan fingerprint density at radius 1 is 0.667 bits per heavy atom. The lowest BCUT2D eigenvalue weighted by molar-refractivity contribution is 0.383. The van der Waals surface area contributed by atoms with Crippen molar-refractivity contribution < 1.29 is 17.8 Å². The highest BCUT2D eigenvalue weighted by Gasteiger charge is 2.18. The van der Waals surface area contributed by atoms with Crippen LogP contribution in [0.5, 0.6) is 0 Å². The van der Waals surface area contributed by atoms with Gasteiger partial charge in [-0.3, -0.25) is 0 Å². The van der Waals surface area contributed by atoms with Gasteiger partial charge in [0.2, 0.25) is 11.6 Å². The van der Waals surface area contributed by atoms with Crippen molar-refractivity contribution in [2.75, 3.05) is 0 Å². The predicted octanol–water partition coefficient (Wildman–Crippen LogP) is 3.73. The van der Waals surface area contributed by atoms with Crippen LogP contribution in [0, 0.1) is 11.6 Å². The fraction of sp³-hybridized carbons (Fsp3) is 0. The van der Waals surface area contributed by atoms with E-state index in [1.165, 1.54) is 36.4 Å². The maximum absolute atomic E-state index is 13.2. The Hall–Kier alpha value is -3.42. The molecule has 0 saturated heterocycles. The summed E-state index contributed by atoms with van der Waals surface area (Å²) in [7, 11) is 0. The fourth-order valence-corrected chi connectivity index (χ4v) is 2.11. The molecule has 0 aliphatic rings. The van der Waals surface area contributed by atoms with Crippen LogP contribution >= 0.6 is 0 Å². The lowest BCUT2D eigenvalue weighted by Gasteiger charge is -1.92. The van der Waals surface area contributed by atoms with E-state index in [1.54, 1.807) is 12.1 Å². The average molecular weight is 326 g/mol. The molecule has 24 heavy (non-hydrogen) atoms. The second kappa shape index (κ2) is 5.65. The van der Waals surface area contributed by atoms with Crippen molar-refractivity contribution >= 4 is 0 Å². The Morgan fingerprint density at radius 2 is 1.12 bits per heavy atom. The van der Waals surface area contributed by atoms with Crippen molar-refractivity contribution in [3.05, 3.63) is 60.2 Å². The molecule has 0 spiro atoms. The molecule has 0 N–H and O–H groups in total. The molecule has 0 radical (unpaired) electrons. The van der Waals surface area contributed by atoms with E-state index in [1.807, 2.05) is 0 Å². The second-order valence-corrected chi connectivity index (χ2v) is 4.87. The van der Waals surface area contributed by atoms with Gasteiger partial charge in [0, 0.05) is 11.1 Å². The zero-order valence-electron chi connectivity index (χ0n) is 12.0. The van der Waals surface area contributed by atoms with E-state index in [-0.39, 0.29) is 23.4 Å². The van der Waals surface area contributed by atoms with E-state index >= 15 is 0 Å². The normalized spacial score (nSPS) is 10.9. The van der Waals surface area contributed by atoms with Gasteiger partial charge in [-0.2, -0.15) is 9.97 Å². The zero-order valence-corrected chi connectivity index (χ0v) is 12.0. The van der Waals surface area contributed by atoms with Crippen LogP contribution in [-0.4, -0.2) is 20.3 Å². The van der Waals surface area contributed by atoms with Crippen LogP contribution in [0.2, 0.25) is 0 Å². The first-order chi connectivity index (χ1) is 11.7. The summed E-state index contributed by atoms with van der Waals surface area (Å²) in [6.45, 7) is 0. The average Bonchev–Trinajstić information content (AvgIpc) is 3.24. The SMILES string of the molecule is Fc1cccc(-c2noc(-c3nc(-c4cccc(F)c4)no3)n2)c1. The Balaban J connectivity index is 1.66. The maximum Gasteiger partial charge on any atom is 0.316 e. The number of benzene rings is 2. The van der Waals surface area contributed by atoms with Gasteiger partial charge in [-0.15, -0.1) is 0 Å². The molecule has 4 aromatic rings. The van der Waals surface area contributed by atoms with Gasteiger partial charge in [-0.25, -0.2) is 8.78 Å². The summed E-state index contributed by atoms with van der Waals surface area (Å²) < 4.78 is 36.6. The molecule has 8 heteroatoms. The summed E-state index contributed by atoms with van der Waals surface area (Å²) in [6, 6.07) is 11.5. The van der Waals surface area contributed by atoms with Crippen LogP contribution in [0.4, 0.5) is 8.78 Å². The third kappa shape index (κ3) is 2.65. The molecule has 0 fully saturated rings. The standard InChI is InChI=1S/C16H8F2N4O2/c17-11-5-1-3-9(7-11)13-19-15(23-21-13)16-20-14(22-24-16)10-4-2-6-12(18)8-10/h1-8H. The Bertz CT molecular complexity index is 931. The molecular formula is C16H8F2N4O2. The number of halogens is 2. The molecule has 6 nitrogen and oxygen atoms in total. The quantitative estimate of drug-likeness (QED) is 0.571. The third-order valence-corrected chi connectivity index (χ3v) is 3.20. The van der Waals surface area contributed by atoms with Gasteiger partial charge in [0.25, 0.3) is 0 Å². The number of rotatable bonds is 3. The molecule has 0 bridgehead atoms. The summed E-state index contributed by atoms with van der Waals surface area (Å²) in [4.78, 5) is 8.20. The molecule has 0 aliphatic heterocycles. The second-order valence-electron chi connectivity index (χ2n) is 4.87. The van der Waals surface area contributed by atoms with Crippen molar-refractivity contribution in [2.24, 2.45) is 0 Å². The highest BCUT2D eigenvalue weighted by atomic mass is 19.1. The molecule has 2 heterocycles. The van der Waals surface area contributed by atoms with Gasteiger partial charge in [0.15, 0.2) is 0 Å². The molecular weight excluding hydrogens is 318 g/mol. The van der Waals surface area contributed by atoms with E-state index in [0.717, 1.165) is 0 Å². The molecule has 0 atom stereocenters. The molecule has 2 aromatic carbocycles. The summed E-state index contributed by atoms with van der Waals surface area (Å²) in [5.74, 6) is -0.464. The van der Waals surface area contributed by atoms with Crippen molar-refractivity contribution in [2.45, 2.75) is 0 Å². The first-order valence-electron chi connectivity index (χ1n) is 6.89. The maximum atomic E-state index is 13.2. The first kappa shape index (κ1) is 14.2. The molecule has 0 amide bonds. The van der Waals surface area contributed by atoms with Crippen LogP contribution in [0.25, 0.3) is 34.6 Å². The van der Waals surface area contributed by atoms with Crippen molar-refractivity contribution in [3.63, 3.8) is 0 Å².